The van der Waals surface area contributed by atoms with Crippen LogP contribution in [0.1, 0.15) is 32.3 Å². The van der Waals surface area contributed by atoms with Gasteiger partial charge in [-0.3, -0.25) is 4.79 Å². The summed E-state index contributed by atoms with van der Waals surface area (Å²) < 4.78 is 16.8. The zero-order valence-electron chi connectivity index (χ0n) is 15.7. The van der Waals surface area contributed by atoms with E-state index < -0.39 is 6.10 Å². The molecule has 0 bridgehead atoms. The van der Waals surface area contributed by atoms with Crippen molar-refractivity contribution in [3.63, 3.8) is 0 Å². The fourth-order valence-corrected chi connectivity index (χ4v) is 2.44. The number of amides is 1. The van der Waals surface area contributed by atoms with E-state index >= 15 is 0 Å². The predicted octanol–water partition coefficient (Wildman–Crippen LogP) is 3.96. The molecule has 2 aromatic rings. The zero-order chi connectivity index (χ0) is 18.8. The number of methoxy groups -OCH3 is 1. The highest BCUT2D eigenvalue weighted by molar-refractivity contribution is 5.81. The molecular formula is C21H27NO4. The highest BCUT2D eigenvalue weighted by Crippen LogP contribution is 2.28. The summed E-state index contributed by atoms with van der Waals surface area (Å²) in [6.45, 7) is 5.02. The van der Waals surface area contributed by atoms with E-state index in [1.807, 2.05) is 55.5 Å². The van der Waals surface area contributed by atoms with Crippen molar-refractivity contribution in [3.05, 3.63) is 54.1 Å². The van der Waals surface area contributed by atoms with Crippen LogP contribution in [-0.4, -0.2) is 25.7 Å². The summed E-state index contributed by atoms with van der Waals surface area (Å²) in [6.07, 6.45) is 1.00. The molecule has 5 nitrogen and oxygen atoms in total. The maximum Gasteiger partial charge on any atom is 0.261 e. The van der Waals surface area contributed by atoms with Crippen molar-refractivity contribution in [2.24, 2.45) is 0 Å². The molecule has 0 aromatic heterocycles. The van der Waals surface area contributed by atoms with Crippen LogP contribution in [0.15, 0.2) is 48.5 Å². The molecule has 0 heterocycles. The molecule has 0 radical (unpaired) electrons. The van der Waals surface area contributed by atoms with Crippen molar-refractivity contribution >= 4 is 5.91 Å². The Kier molecular flexibility index (Phi) is 7.80. The van der Waals surface area contributed by atoms with Gasteiger partial charge in [-0.25, -0.2) is 0 Å². The minimum Gasteiger partial charge on any atom is -0.493 e. The second-order valence-corrected chi connectivity index (χ2v) is 5.88. The monoisotopic (exact) mass is 357 g/mol. The summed E-state index contributed by atoms with van der Waals surface area (Å²) in [5, 5.41) is 2.92. The number of ether oxygens (including phenoxy) is 3. The van der Waals surface area contributed by atoms with Gasteiger partial charge in [0.2, 0.25) is 0 Å². The molecule has 1 N–H and O–H groups in total. The Balaban J connectivity index is 1.94. The largest absolute Gasteiger partial charge is 0.493 e. The van der Waals surface area contributed by atoms with Crippen molar-refractivity contribution in [1.82, 2.24) is 5.32 Å². The summed E-state index contributed by atoms with van der Waals surface area (Å²) in [6, 6.07) is 15.0. The predicted molar refractivity (Wildman–Crippen MR) is 102 cm³/mol. The van der Waals surface area contributed by atoms with Crippen LogP contribution in [0.4, 0.5) is 0 Å². The van der Waals surface area contributed by atoms with Gasteiger partial charge in [0, 0.05) is 6.54 Å². The molecule has 2 rings (SSSR count). The Hall–Kier alpha value is -2.69. The summed E-state index contributed by atoms with van der Waals surface area (Å²) in [4.78, 5) is 12.4. The highest BCUT2D eigenvalue weighted by atomic mass is 16.5. The summed E-state index contributed by atoms with van der Waals surface area (Å²) in [7, 11) is 1.61. The molecule has 0 saturated carbocycles. The smallest absolute Gasteiger partial charge is 0.261 e. The number of carbonyl (C=O) groups is 1. The molecule has 0 aliphatic rings. The van der Waals surface area contributed by atoms with E-state index in [9.17, 15) is 4.79 Å². The van der Waals surface area contributed by atoms with E-state index in [0.29, 0.717) is 36.8 Å². The zero-order valence-corrected chi connectivity index (χ0v) is 15.7. The molecule has 0 spiro atoms. The summed E-state index contributed by atoms with van der Waals surface area (Å²) >= 11 is 0. The van der Waals surface area contributed by atoms with Gasteiger partial charge in [-0.2, -0.15) is 0 Å². The Morgan fingerprint density at radius 3 is 2.50 bits per heavy atom. The van der Waals surface area contributed by atoms with Gasteiger partial charge in [-0.1, -0.05) is 38.1 Å². The molecule has 0 fully saturated rings. The molecule has 0 saturated heterocycles. The first-order valence-electron chi connectivity index (χ1n) is 8.97. The highest BCUT2D eigenvalue weighted by Gasteiger charge is 2.18. The van der Waals surface area contributed by atoms with Crippen molar-refractivity contribution in [2.45, 2.75) is 39.3 Å². The first kappa shape index (κ1) is 19.6. The number of rotatable bonds is 10. The van der Waals surface area contributed by atoms with Crippen LogP contribution in [0.2, 0.25) is 0 Å². The van der Waals surface area contributed by atoms with E-state index in [1.54, 1.807) is 7.11 Å². The molecule has 2 aromatic carbocycles. The Morgan fingerprint density at radius 1 is 1.08 bits per heavy atom. The van der Waals surface area contributed by atoms with Crippen LogP contribution >= 0.6 is 0 Å². The van der Waals surface area contributed by atoms with Crippen LogP contribution in [0.3, 0.4) is 0 Å². The van der Waals surface area contributed by atoms with Crippen molar-refractivity contribution in [1.29, 1.82) is 0 Å². The normalized spacial score (nSPS) is 11.5. The third-order valence-electron chi connectivity index (χ3n) is 3.84. The lowest BCUT2D eigenvalue weighted by Gasteiger charge is -2.17. The van der Waals surface area contributed by atoms with Gasteiger partial charge in [0.25, 0.3) is 5.91 Å². The number of benzene rings is 2. The first-order valence-corrected chi connectivity index (χ1v) is 8.97. The van der Waals surface area contributed by atoms with Gasteiger partial charge in [0.15, 0.2) is 17.6 Å². The van der Waals surface area contributed by atoms with Crippen molar-refractivity contribution in [2.75, 3.05) is 13.7 Å². The molecular weight excluding hydrogens is 330 g/mol. The van der Waals surface area contributed by atoms with E-state index in [4.69, 9.17) is 14.2 Å². The van der Waals surface area contributed by atoms with E-state index in [1.165, 1.54) is 0 Å². The van der Waals surface area contributed by atoms with Gasteiger partial charge < -0.3 is 19.5 Å². The maximum absolute atomic E-state index is 12.4. The van der Waals surface area contributed by atoms with Crippen LogP contribution < -0.4 is 19.5 Å². The lowest BCUT2D eigenvalue weighted by Crippen LogP contribution is -2.37. The van der Waals surface area contributed by atoms with Gasteiger partial charge in [0.1, 0.15) is 5.75 Å². The van der Waals surface area contributed by atoms with E-state index in [-0.39, 0.29) is 5.91 Å². The quantitative estimate of drug-likeness (QED) is 0.699. The second-order valence-electron chi connectivity index (χ2n) is 5.88. The fraction of sp³-hybridized carbons (Fsp3) is 0.381. The van der Waals surface area contributed by atoms with E-state index in [0.717, 1.165) is 12.0 Å². The third-order valence-corrected chi connectivity index (χ3v) is 3.84. The summed E-state index contributed by atoms with van der Waals surface area (Å²) in [5.74, 6) is 1.93. The molecule has 5 heteroatoms. The van der Waals surface area contributed by atoms with Crippen LogP contribution in [0, 0.1) is 0 Å². The molecule has 26 heavy (non-hydrogen) atoms. The van der Waals surface area contributed by atoms with Gasteiger partial charge in [-0.05, 0) is 42.7 Å². The second kappa shape index (κ2) is 10.3. The third kappa shape index (κ3) is 5.69. The van der Waals surface area contributed by atoms with Gasteiger partial charge in [-0.15, -0.1) is 0 Å². The minimum absolute atomic E-state index is 0.137. The summed E-state index contributed by atoms with van der Waals surface area (Å²) in [5.41, 5.74) is 0.939. The topological polar surface area (TPSA) is 56.8 Å². The molecule has 140 valence electrons. The Morgan fingerprint density at radius 2 is 1.85 bits per heavy atom. The van der Waals surface area contributed by atoms with Crippen LogP contribution in [0.5, 0.6) is 17.2 Å². The van der Waals surface area contributed by atoms with Gasteiger partial charge in [0.05, 0.1) is 13.7 Å². The minimum atomic E-state index is -0.522. The van der Waals surface area contributed by atoms with Crippen LogP contribution in [0.25, 0.3) is 0 Å². The number of para-hydroxylation sites is 1. The SMILES string of the molecule is CCCOc1ccc(CNC(=O)C(CC)Oc2ccccc2)cc1OC. The average molecular weight is 357 g/mol. The fourth-order valence-electron chi connectivity index (χ4n) is 2.44. The Bertz CT molecular complexity index is 688. The molecule has 1 unspecified atom stereocenters. The number of hydrogen-bond acceptors (Lipinski definition) is 4. The Labute approximate surface area is 155 Å². The van der Waals surface area contributed by atoms with Crippen molar-refractivity contribution in [3.8, 4) is 17.2 Å². The van der Waals surface area contributed by atoms with E-state index in [2.05, 4.69) is 12.2 Å². The lowest BCUT2D eigenvalue weighted by molar-refractivity contribution is -0.128. The number of carbonyl (C=O) groups excluding carboxylic acids is 1. The molecule has 0 aliphatic carbocycles. The maximum atomic E-state index is 12.4. The molecule has 1 atom stereocenters. The molecule has 0 aliphatic heterocycles. The number of nitrogens with one attached hydrogen (secondary N) is 1. The van der Waals surface area contributed by atoms with Crippen LogP contribution in [-0.2, 0) is 11.3 Å². The standard InChI is InChI=1S/C21H27NO4/c1-4-13-25-19-12-11-16(14-20(19)24-3)15-22-21(23)18(5-2)26-17-9-7-6-8-10-17/h6-12,14,18H,4-5,13,15H2,1-3H3,(H,22,23). The number of hydrogen-bond donors (Lipinski definition) is 1. The lowest BCUT2D eigenvalue weighted by atomic mass is 10.2. The van der Waals surface area contributed by atoms with Gasteiger partial charge >= 0.3 is 0 Å². The molecule has 1 amide bonds. The average Bonchev–Trinajstić information content (AvgIpc) is 2.69. The van der Waals surface area contributed by atoms with Crippen molar-refractivity contribution < 1.29 is 19.0 Å². The first-order chi connectivity index (χ1) is 12.7.